The van der Waals surface area contributed by atoms with Gasteiger partial charge in [0.1, 0.15) is 11.4 Å². The van der Waals surface area contributed by atoms with Crippen LogP contribution in [-0.4, -0.2) is 54.3 Å². The van der Waals surface area contributed by atoms with Crippen LogP contribution in [0.5, 0.6) is 5.75 Å². The van der Waals surface area contributed by atoms with E-state index in [0.29, 0.717) is 0 Å². The number of hydrogen-bond donors (Lipinski definition) is 4. The highest BCUT2D eigenvalue weighted by Gasteiger charge is 2.20. The maximum atomic E-state index is 11.5. The van der Waals surface area contributed by atoms with E-state index in [-0.39, 0.29) is 13.1 Å². The number of benzene rings is 1. The summed E-state index contributed by atoms with van der Waals surface area (Å²) in [5.74, 6) is 0.734. The lowest BCUT2D eigenvalue weighted by atomic mass is 10.2. The van der Waals surface area contributed by atoms with Crippen molar-refractivity contribution in [3.63, 3.8) is 0 Å². The molecule has 0 saturated heterocycles. The quantitative estimate of drug-likeness (QED) is 0.604. The third kappa shape index (κ3) is 7.71. The topological polar surface area (TPSA) is 100 Å². The summed E-state index contributed by atoms with van der Waals surface area (Å²) in [6, 6.07) is 7.18. The van der Waals surface area contributed by atoms with E-state index in [1.165, 1.54) is 0 Å². The molecule has 0 aromatic heterocycles. The molecular weight excluding hydrogens is 300 g/mol. The monoisotopic (exact) mass is 326 g/mol. The Hall–Kier alpha value is -1.99. The number of carbonyl (C=O) groups excluding carboxylic acids is 1. The summed E-state index contributed by atoms with van der Waals surface area (Å²) < 4.78 is 10.1. The molecule has 0 saturated carbocycles. The van der Waals surface area contributed by atoms with Crippen LogP contribution < -0.4 is 15.4 Å². The van der Waals surface area contributed by atoms with Crippen LogP contribution in [-0.2, 0) is 4.74 Å². The van der Waals surface area contributed by atoms with Crippen LogP contribution in [0.1, 0.15) is 20.8 Å². The van der Waals surface area contributed by atoms with E-state index in [1.807, 2.05) is 0 Å². The molecule has 23 heavy (non-hydrogen) atoms. The normalized spacial score (nSPS) is 13.8. The molecular formula is C16H26N2O5. The average molecular weight is 326 g/mol. The Morgan fingerprint density at radius 3 is 2.22 bits per heavy atom. The Morgan fingerprint density at radius 1 is 1.13 bits per heavy atom. The van der Waals surface area contributed by atoms with Crippen LogP contribution in [0.2, 0.25) is 0 Å². The number of methoxy groups -OCH3 is 1. The summed E-state index contributed by atoms with van der Waals surface area (Å²) in [5.41, 5.74) is 0.181. The van der Waals surface area contributed by atoms with E-state index >= 15 is 0 Å². The molecule has 0 spiro atoms. The second-order valence-electron chi connectivity index (χ2n) is 6.13. The van der Waals surface area contributed by atoms with Crippen LogP contribution in [0.15, 0.2) is 24.3 Å². The minimum atomic E-state index is -1.10. The minimum absolute atomic E-state index is 0.0969. The van der Waals surface area contributed by atoms with Gasteiger partial charge in [-0.3, -0.25) is 0 Å². The number of amides is 1. The van der Waals surface area contributed by atoms with Crippen LogP contribution in [0.4, 0.5) is 10.5 Å². The molecule has 0 bridgehead atoms. The highest BCUT2D eigenvalue weighted by atomic mass is 16.6. The predicted octanol–water partition coefficient (Wildman–Crippen LogP) is 1.35. The second-order valence-corrected chi connectivity index (χ2v) is 6.13. The van der Waals surface area contributed by atoms with Crippen LogP contribution >= 0.6 is 0 Å². The Bertz CT molecular complexity index is 484. The third-order valence-corrected chi connectivity index (χ3v) is 2.90. The molecule has 1 aromatic carbocycles. The summed E-state index contributed by atoms with van der Waals surface area (Å²) in [4.78, 5) is 11.5. The number of rotatable bonds is 7. The smallest absolute Gasteiger partial charge is 0.407 e. The largest absolute Gasteiger partial charge is 0.497 e. The summed E-state index contributed by atoms with van der Waals surface area (Å²) in [7, 11) is 1.58. The van der Waals surface area contributed by atoms with Crippen molar-refractivity contribution in [1.82, 2.24) is 5.32 Å². The number of aliphatic hydroxyl groups excluding tert-OH is 2. The number of carbonyl (C=O) groups is 1. The van der Waals surface area contributed by atoms with E-state index in [1.54, 1.807) is 52.1 Å². The van der Waals surface area contributed by atoms with Gasteiger partial charge in [-0.15, -0.1) is 0 Å². The summed E-state index contributed by atoms with van der Waals surface area (Å²) in [6.45, 7) is 5.29. The van der Waals surface area contributed by atoms with E-state index in [0.717, 1.165) is 11.4 Å². The van der Waals surface area contributed by atoms with Crippen LogP contribution in [0.25, 0.3) is 0 Å². The van der Waals surface area contributed by atoms with Crippen LogP contribution in [0.3, 0.4) is 0 Å². The van der Waals surface area contributed by atoms with Gasteiger partial charge in [-0.25, -0.2) is 4.79 Å². The minimum Gasteiger partial charge on any atom is -0.497 e. The van der Waals surface area contributed by atoms with Crippen LogP contribution in [0, 0.1) is 0 Å². The molecule has 1 amide bonds. The second kappa shape index (κ2) is 8.59. The maximum absolute atomic E-state index is 11.5. The summed E-state index contributed by atoms with van der Waals surface area (Å²) in [6.07, 6.45) is -2.77. The SMILES string of the molecule is COc1ccc(NCC(O)C(O)CNC(=O)OC(C)(C)C)cc1. The van der Waals surface area contributed by atoms with Gasteiger partial charge in [0, 0.05) is 18.8 Å². The molecule has 2 unspecified atom stereocenters. The van der Waals surface area contributed by atoms with Crippen molar-refractivity contribution in [3.8, 4) is 5.75 Å². The number of nitrogens with one attached hydrogen (secondary N) is 2. The summed E-state index contributed by atoms with van der Waals surface area (Å²) >= 11 is 0. The molecule has 0 heterocycles. The molecule has 1 rings (SSSR count). The molecule has 0 aliphatic heterocycles. The lowest BCUT2D eigenvalue weighted by molar-refractivity contribution is 0.0202. The van der Waals surface area contributed by atoms with Crippen molar-refractivity contribution in [3.05, 3.63) is 24.3 Å². The van der Waals surface area contributed by atoms with Gasteiger partial charge in [-0.1, -0.05) is 0 Å². The van der Waals surface area contributed by atoms with Crippen molar-refractivity contribution < 1.29 is 24.5 Å². The van der Waals surface area contributed by atoms with Crippen molar-refractivity contribution in [2.45, 2.75) is 38.6 Å². The first-order valence-electron chi connectivity index (χ1n) is 7.42. The van der Waals surface area contributed by atoms with Gasteiger partial charge in [0.2, 0.25) is 0 Å². The van der Waals surface area contributed by atoms with E-state index in [2.05, 4.69) is 10.6 Å². The lowest BCUT2D eigenvalue weighted by Crippen LogP contribution is -2.43. The van der Waals surface area contributed by atoms with E-state index in [9.17, 15) is 15.0 Å². The number of hydrogen-bond acceptors (Lipinski definition) is 6. The molecule has 0 fully saturated rings. The van der Waals surface area contributed by atoms with E-state index in [4.69, 9.17) is 9.47 Å². The first-order valence-corrected chi connectivity index (χ1v) is 7.42. The fourth-order valence-electron chi connectivity index (χ4n) is 1.71. The fourth-order valence-corrected chi connectivity index (χ4v) is 1.71. The van der Waals surface area contributed by atoms with Gasteiger partial charge < -0.3 is 30.3 Å². The van der Waals surface area contributed by atoms with Crippen molar-refractivity contribution in [2.75, 3.05) is 25.5 Å². The molecule has 0 aliphatic rings. The molecule has 130 valence electrons. The molecule has 0 radical (unpaired) electrons. The molecule has 0 aliphatic carbocycles. The maximum Gasteiger partial charge on any atom is 0.407 e. The van der Waals surface area contributed by atoms with Crippen molar-refractivity contribution in [2.24, 2.45) is 0 Å². The molecule has 1 aromatic rings. The molecule has 2 atom stereocenters. The first kappa shape index (κ1) is 19.1. The van der Waals surface area contributed by atoms with Gasteiger partial charge in [-0.2, -0.15) is 0 Å². The number of alkyl carbamates (subject to hydrolysis) is 1. The highest BCUT2D eigenvalue weighted by Crippen LogP contribution is 2.15. The zero-order chi connectivity index (χ0) is 17.5. The number of anilines is 1. The highest BCUT2D eigenvalue weighted by molar-refractivity contribution is 5.67. The zero-order valence-electron chi connectivity index (χ0n) is 14.0. The summed E-state index contributed by atoms with van der Waals surface area (Å²) in [5, 5.41) is 25.2. The Morgan fingerprint density at radius 2 is 1.70 bits per heavy atom. The number of aliphatic hydroxyl groups is 2. The third-order valence-electron chi connectivity index (χ3n) is 2.90. The van der Waals surface area contributed by atoms with Crippen molar-refractivity contribution >= 4 is 11.8 Å². The Kier molecular flexibility index (Phi) is 7.12. The van der Waals surface area contributed by atoms with Gasteiger partial charge in [0.05, 0.1) is 19.3 Å². The van der Waals surface area contributed by atoms with Gasteiger partial charge in [0.15, 0.2) is 0 Å². The van der Waals surface area contributed by atoms with Gasteiger partial charge >= 0.3 is 6.09 Å². The Labute approximate surface area is 136 Å². The number of ether oxygens (including phenoxy) is 2. The Balaban J connectivity index is 2.33. The molecule has 7 nitrogen and oxygen atoms in total. The molecule has 4 N–H and O–H groups in total. The predicted molar refractivity (Wildman–Crippen MR) is 87.7 cm³/mol. The standard InChI is InChI=1S/C16H26N2O5/c1-16(2,3)23-15(21)18-10-14(20)13(19)9-17-11-5-7-12(22-4)8-6-11/h5-8,13-14,17,19-20H,9-10H2,1-4H3,(H,18,21). The van der Waals surface area contributed by atoms with E-state index < -0.39 is 23.9 Å². The lowest BCUT2D eigenvalue weighted by Gasteiger charge is -2.22. The first-order chi connectivity index (χ1) is 10.7. The zero-order valence-corrected chi connectivity index (χ0v) is 14.0. The van der Waals surface area contributed by atoms with Gasteiger partial charge in [0.25, 0.3) is 0 Å². The fraction of sp³-hybridized carbons (Fsp3) is 0.562. The molecule has 7 heteroatoms. The average Bonchev–Trinajstić information content (AvgIpc) is 2.49. The van der Waals surface area contributed by atoms with Gasteiger partial charge in [-0.05, 0) is 45.0 Å². The van der Waals surface area contributed by atoms with Crippen molar-refractivity contribution in [1.29, 1.82) is 0 Å².